The number of halogens is 2. The van der Waals surface area contributed by atoms with Crippen molar-refractivity contribution in [1.82, 2.24) is 5.32 Å². The third-order valence-corrected chi connectivity index (χ3v) is 4.33. The van der Waals surface area contributed by atoms with E-state index in [4.69, 9.17) is 14.2 Å². The van der Waals surface area contributed by atoms with Gasteiger partial charge in [-0.3, -0.25) is 9.59 Å². The SMILES string of the molecule is COc1cc(COC(=O)CNC(=O)c2ccc(Oc3ccccc3)cc2)ccc1OC(F)F. The van der Waals surface area contributed by atoms with E-state index in [0.717, 1.165) is 0 Å². The first-order chi connectivity index (χ1) is 15.9. The van der Waals surface area contributed by atoms with Gasteiger partial charge >= 0.3 is 12.6 Å². The van der Waals surface area contributed by atoms with Gasteiger partial charge < -0.3 is 24.3 Å². The third kappa shape index (κ3) is 7.20. The molecule has 0 aliphatic heterocycles. The zero-order valence-corrected chi connectivity index (χ0v) is 17.6. The van der Waals surface area contributed by atoms with E-state index in [1.807, 2.05) is 30.3 Å². The molecular formula is C24H21F2NO6. The summed E-state index contributed by atoms with van der Waals surface area (Å²) in [6.45, 7) is -3.46. The van der Waals surface area contributed by atoms with Crippen molar-refractivity contribution in [2.75, 3.05) is 13.7 Å². The fourth-order valence-corrected chi connectivity index (χ4v) is 2.76. The fourth-order valence-electron chi connectivity index (χ4n) is 2.76. The molecule has 3 rings (SSSR count). The lowest BCUT2D eigenvalue weighted by molar-refractivity contribution is -0.143. The van der Waals surface area contributed by atoms with E-state index in [2.05, 4.69) is 10.1 Å². The van der Waals surface area contributed by atoms with Gasteiger partial charge in [0.05, 0.1) is 7.11 Å². The van der Waals surface area contributed by atoms with Crippen molar-refractivity contribution >= 4 is 11.9 Å². The second kappa shape index (κ2) is 11.5. The molecule has 172 valence electrons. The van der Waals surface area contributed by atoms with Crippen molar-refractivity contribution in [2.24, 2.45) is 0 Å². The zero-order chi connectivity index (χ0) is 23.6. The number of methoxy groups -OCH3 is 1. The van der Waals surface area contributed by atoms with Gasteiger partial charge in [-0.1, -0.05) is 24.3 Å². The van der Waals surface area contributed by atoms with Gasteiger partial charge in [0.15, 0.2) is 11.5 Å². The van der Waals surface area contributed by atoms with E-state index in [0.29, 0.717) is 22.6 Å². The molecule has 3 aromatic carbocycles. The predicted octanol–water partition coefficient (Wildman–Crippen LogP) is 4.56. The molecule has 0 atom stereocenters. The number of esters is 1. The topological polar surface area (TPSA) is 83.1 Å². The van der Waals surface area contributed by atoms with Crippen molar-refractivity contribution < 1.29 is 37.3 Å². The van der Waals surface area contributed by atoms with Crippen LogP contribution in [0, 0.1) is 0 Å². The third-order valence-electron chi connectivity index (χ3n) is 4.33. The van der Waals surface area contributed by atoms with Crippen LogP contribution in [0.15, 0.2) is 72.8 Å². The summed E-state index contributed by atoms with van der Waals surface area (Å²) < 4.78 is 44.9. The molecule has 0 aromatic heterocycles. The molecule has 0 radical (unpaired) electrons. The van der Waals surface area contributed by atoms with Crippen LogP contribution in [0.4, 0.5) is 8.78 Å². The minimum Gasteiger partial charge on any atom is -0.493 e. The minimum atomic E-state index is -2.99. The number of nitrogens with one attached hydrogen (secondary N) is 1. The van der Waals surface area contributed by atoms with E-state index in [-0.39, 0.29) is 24.7 Å². The Labute approximate surface area is 188 Å². The normalized spacial score (nSPS) is 10.4. The summed E-state index contributed by atoms with van der Waals surface area (Å²) >= 11 is 0. The Morgan fingerprint density at radius 1 is 0.909 bits per heavy atom. The summed E-state index contributed by atoms with van der Waals surface area (Å²) in [6.07, 6.45) is 0. The lowest BCUT2D eigenvalue weighted by Crippen LogP contribution is -2.30. The Morgan fingerprint density at radius 3 is 2.27 bits per heavy atom. The number of carbonyl (C=O) groups is 2. The molecule has 3 aromatic rings. The van der Waals surface area contributed by atoms with E-state index in [1.54, 1.807) is 24.3 Å². The second-order valence-corrected chi connectivity index (χ2v) is 6.65. The number of benzene rings is 3. The molecule has 0 saturated heterocycles. The van der Waals surface area contributed by atoms with Crippen LogP contribution in [0.2, 0.25) is 0 Å². The van der Waals surface area contributed by atoms with Crippen molar-refractivity contribution in [2.45, 2.75) is 13.2 Å². The summed E-state index contributed by atoms with van der Waals surface area (Å²) in [5.41, 5.74) is 0.852. The summed E-state index contributed by atoms with van der Waals surface area (Å²) in [5, 5.41) is 2.48. The Balaban J connectivity index is 1.46. The maximum atomic E-state index is 12.4. The fraction of sp³-hybridized carbons (Fsp3) is 0.167. The number of hydrogen-bond donors (Lipinski definition) is 1. The molecule has 9 heteroatoms. The van der Waals surface area contributed by atoms with Crippen LogP contribution >= 0.6 is 0 Å². The van der Waals surface area contributed by atoms with Gasteiger partial charge in [-0.15, -0.1) is 0 Å². The number of alkyl halides is 2. The highest BCUT2D eigenvalue weighted by molar-refractivity contribution is 5.96. The van der Waals surface area contributed by atoms with Gasteiger partial charge in [-0.2, -0.15) is 8.78 Å². The molecule has 0 heterocycles. The lowest BCUT2D eigenvalue weighted by Gasteiger charge is -2.12. The Morgan fingerprint density at radius 2 is 1.61 bits per heavy atom. The predicted molar refractivity (Wildman–Crippen MR) is 115 cm³/mol. The van der Waals surface area contributed by atoms with Crippen molar-refractivity contribution in [3.63, 3.8) is 0 Å². The van der Waals surface area contributed by atoms with Crippen molar-refractivity contribution in [3.8, 4) is 23.0 Å². The molecule has 33 heavy (non-hydrogen) atoms. The lowest BCUT2D eigenvalue weighted by atomic mass is 10.2. The number of rotatable bonds is 10. The summed E-state index contributed by atoms with van der Waals surface area (Å²) in [7, 11) is 1.30. The number of hydrogen-bond acceptors (Lipinski definition) is 6. The second-order valence-electron chi connectivity index (χ2n) is 6.65. The number of ether oxygens (including phenoxy) is 4. The molecule has 0 saturated carbocycles. The highest BCUT2D eigenvalue weighted by Gasteiger charge is 2.13. The summed E-state index contributed by atoms with van der Waals surface area (Å²) in [4.78, 5) is 24.2. The minimum absolute atomic E-state index is 0.0804. The van der Waals surface area contributed by atoms with E-state index in [1.165, 1.54) is 25.3 Å². The number of amides is 1. The molecule has 0 aliphatic rings. The van der Waals surface area contributed by atoms with Gasteiger partial charge in [-0.25, -0.2) is 0 Å². The molecule has 1 amide bonds. The monoisotopic (exact) mass is 457 g/mol. The highest BCUT2D eigenvalue weighted by Crippen LogP contribution is 2.29. The molecule has 0 unspecified atom stereocenters. The Bertz CT molecular complexity index is 1070. The Kier molecular flexibility index (Phi) is 8.18. The zero-order valence-electron chi connectivity index (χ0n) is 17.6. The van der Waals surface area contributed by atoms with Gasteiger partial charge in [0.1, 0.15) is 24.7 Å². The van der Waals surface area contributed by atoms with Crippen LogP contribution in [0.1, 0.15) is 15.9 Å². The summed E-state index contributed by atoms with van der Waals surface area (Å²) in [5.74, 6) is 0.0725. The Hall–Kier alpha value is -4.14. The first kappa shape index (κ1) is 23.5. The van der Waals surface area contributed by atoms with Crippen LogP contribution < -0.4 is 19.5 Å². The standard InChI is InChI=1S/C24H21F2NO6/c1-30-21-13-16(7-12-20(21)33-24(25)26)15-31-22(28)14-27-23(29)17-8-10-19(11-9-17)32-18-5-3-2-4-6-18/h2-13,24H,14-15H2,1H3,(H,27,29). The molecule has 7 nitrogen and oxygen atoms in total. The molecular weight excluding hydrogens is 436 g/mol. The largest absolute Gasteiger partial charge is 0.493 e. The van der Waals surface area contributed by atoms with Gasteiger partial charge in [0, 0.05) is 5.56 Å². The van der Waals surface area contributed by atoms with Crippen LogP contribution in [0.3, 0.4) is 0 Å². The molecule has 0 bridgehead atoms. The average Bonchev–Trinajstić information content (AvgIpc) is 2.82. The molecule has 1 N–H and O–H groups in total. The van der Waals surface area contributed by atoms with E-state index < -0.39 is 18.5 Å². The molecule has 0 fully saturated rings. The average molecular weight is 457 g/mol. The van der Waals surface area contributed by atoms with Gasteiger partial charge in [0.25, 0.3) is 5.91 Å². The first-order valence-electron chi connectivity index (χ1n) is 9.83. The van der Waals surface area contributed by atoms with E-state index >= 15 is 0 Å². The smallest absolute Gasteiger partial charge is 0.387 e. The maximum Gasteiger partial charge on any atom is 0.387 e. The highest BCUT2D eigenvalue weighted by atomic mass is 19.3. The molecule has 0 spiro atoms. The van der Waals surface area contributed by atoms with Gasteiger partial charge in [-0.05, 0) is 54.1 Å². The van der Waals surface area contributed by atoms with Crippen LogP contribution in [0.5, 0.6) is 23.0 Å². The number of para-hydroxylation sites is 1. The molecule has 0 aliphatic carbocycles. The van der Waals surface area contributed by atoms with Crippen LogP contribution in [-0.2, 0) is 16.1 Å². The van der Waals surface area contributed by atoms with E-state index in [9.17, 15) is 18.4 Å². The van der Waals surface area contributed by atoms with Crippen LogP contribution in [-0.4, -0.2) is 32.1 Å². The maximum absolute atomic E-state index is 12.4. The first-order valence-corrected chi connectivity index (χ1v) is 9.83. The van der Waals surface area contributed by atoms with Crippen LogP contribution in [0.25, 0.3) is 0 Å². The summed E-state index contributed by atoms with van der Waals surface area (Å²) in [6, 6.07) is 19.8. The quantitative estimate of drug-likeness (QED) is 0.450. The number of carbonyl (C=O) groups excluding carboxylic acids is 2. The van der Waals surface area contributed by atoms with Crippen molar-refractivity contribution in [3.05, 3.63) is 83.9 Å². The van der Waals surface area contributed by atoms with Gasteiger partial charge in [0.2, 0.25) is 0 Å². The van der Waals surface area contributed by atoms with Crippen molar-refractivity contribution in [1.29, 1.82) is 0 Å².